The second-order valence-corrected chi connectivity index (χ2v) is 9.00. The van der Waals surface area contributed by atoms with Crippen LogP contribution < -0.4 is 24.3 Å². The highest BCUT2D eigenvalue weighted by Gasteiger charge is 2.37. The molecule has 1 aromatic heterocycles. The van der Waals surface area contributed by atoms with Crippen LogP contribution in [0.25, 0.3) is 5.69 Å². The van der Waals surface area contributed by atoms with Crippen molar-refractivity contribution in [3.05, 3.63) is 77.1 Å². The standard InChI is InChI=1S/C27H26N6O5/c1-32-12-11-16-14-21-24(38-15-37-21)25(36-3)22(16)23(32)26-29-30-31-33(26)18-8-6-7-17(13-18)27(34)28-19-9-4-5-10-20(19)35-2/h4-10,13-14,23H,11-12,15H2,1-3H3,(H,28,34)/t23-/m1/s1. The molecule has 0 aliphatic carbocycles. The number of hydrogen-bond acceptors (Lipinski definition) is 9. The van der Waals surface area contributed by atoms with Gasteiger partial charge in [0.25, 0.3) is 5.91 Å². The van der Waals surface area contributed by atoms with Gasteiger partial charge >= 0.3 is 0 Å². The minimum Gasteiger partial charge on any atom is -0.495 e. The number of carbonyl (C=O) groups excluding carboxylic acids is 1. The molecule has 6 rings (SSSR count). The minimum atomic E-state index is -0.315. The molecule has 0 saturated carbocycles. The first-order chi connectivity index (χ1) is 18.6. The molecule has 1 atom stereocenters. The van der Waals surface area contributed by atoms with Gasteiger partial charge in [-0.15, -0.1) is 5.10 Å². The summed E-state index contributed by atoms with van der Waals surface area (Å²) in [7, 11) is 5.21. The van der Waals surface area contributed by atoms with Gasteiger partial charge in [0.05, 0.1) is 25.6 Å². The summed E-state index contributed by atoms with van der Waals surface area (Å²) in [4.78, 5) is 15.3. The van der Waals surface area contributed by atoms with Gasteiger partial charge in [-0.3, -0.25) is 9.69 Å². The highest BCUT2D eigenvalue weighted by Crippen LogP contribution is 2.50. The van der Waals surface area contributed by atoms with Crippen LogP contribution in [0.1, 0.15) is 33.4 Å². The van der Waals surface area contributed by atoms with Crippen molar-refractivity contribution in [3.8, 4) is 28.7 Å². The third-order valence-electron chi connectivity index (χ3n) is 6.84. The van der Waals surface area contributed by atoms with Crippen LogP contribution in [-0.2, 0) is 6.42 Å². The van der Waals surface area contributed by atoms with Crippen molar-refractivity contribution in [2.75, 3.05) is 39.9 Å². The van der Waals surface area contributed by atoms with Crippen molar-refractivity contribution in [2.24, 2.45) is 0 Å². The monoisotopic (exact) mass is 514 g/mol. The van der Waals surface area contributed by atoms with Gasteiger partial charge in [0.1, 0.15) is 11.8 Å². The van der Waals surface area contributed by atoms with E-state index < -0.39 is 0 Å². The molecule has 1 amide bonds. The van der Waals surface area contributed by atoms with Gasteiger partial charge in [-0.25, -0.2) is 0 Å². The smallest absolute Gasteiger partial charge is 0.255 e. The third-order valence-corrected chi connectivity index (χ3v) is 6.84. The Labute approximate surface area is 218 Å². The van der Waals surface area contributed by atoms with Crippen molar-refractivity contribution in [1.82, 2.24) is 25.1 Å². The third kappa shape index (κ3) is 3.97. The van der Waals surface area contributed by atoms with E-state index in [1.54, 1.807) is 49.2 Å². The first kappa shape index (κ1) is 23.7. The van der Waals surface area contributed by atoms with Gasteiger partial charge in [-0.05, 0) is 65.9 Å². The average molecular weight is 515 g/mol. The number of tetrazole rings is 1. The van der Waals surface area contributed by atoms with Crippen LogP contribution in [0.5, 0.6) is 23.0 Å². The molecule has 3 heterocycles. The number of hydrogen-bond donors (Lipinski definition) is 1. The largest absolute Gasteiger partial charge is 0.495 e. The molecule has 194 valence electrons. The molecule has 38 heavy (non-hydrogen) atoms. The van der Waals surface area contributed by atoms with E-state index in [1.807, 2.05) is 31.3 Å². The number of nitrogens with zero attached hydrogens (tertiary/aromatic N) is 5. The Kier molecular flexibility index (Phi) is 6.04. The highest BCUT2D eigenvalue weighted by molar-refractivity contribution is 6.05. The predicted molar refractivity (Wildman–Crippen MR) is 137 cm³/mol. The first-order valence-electron chi connectivity index (χ1n) is 12.1. The average Bonchev–Trinajstić information content (AvgIpc) is 3.62. The molecule has 2 aliphatic heterocycles. The quantitative estimate of drug-likeness (QED) is 0.414. The molecule has 0 radical (unpaired) electrons. The molecule has 0 bridgehead atoms. The van der Waals surface area contributed by atoms with Gasteiger partial charge in [0.15, 0.2) is 17.3 Å². The zero-order valence-electron chi connectivity index (χ0n) is 21.2. The van der Waals surface area contributed by atoms with Crippen molar-refractivity contribution in [1.29, 1.82) is 0 Å². The fourth-order valence-corrected chi connectivity index (χ4v) is 5.03. The maximum atomic E-state index is 13.1. The number of ether oxygens (including phenoxy) is 4. The summed E-state index contributed by atoms with van der Waals surface area (Å²) >= 11 is 0. The topological polar surface area (TPSA) is 113 Å². The summed E-state index contributed by atoms with van der Waals surface area (Å²) in [5.74, 6) is 2.77. The number of methoxy groups -OCH3 is 2. The Morgan fingerprint density at radius 1 is 1.08 bits per heavy atom. The van der Waals surface area contributed by atoms with E-state index in [2.05, 4.69) is 25.7 Å². The molecule has 3 aromatic carbocycles. The summed E-state index contributed by atoms with van der Waals surface area (Å²) < 4.78 is 24.2. The minimum absolute atomic E-state index is 0.149. The zero-order chi connectivity index (χ0) is 26.2. The van der Waals surface area contributed by atoms with Crippen LogP contribution in [0, 0.1) is 0 Å². The lowest BCUT2D eigenvalue weighted by atomic mass is 9.90. The van der Waals surface area contributed by atoms with Gasteiger partial charge in [0, 0.05) is 17.7 Å². The Hall–Kier alpha value is -4.64. The molecule has 0 spiro atoms. The van der Waals surface area contributed by atoms with E-state index in [0.717, 1.165) is 24.1 Å². The molecule has 2 aliphatic rings. The van der Waals surface area contributed by atoms with E-state index in [0.29, 0.717) is 45.8 Å². The molecular formula is C27H26N6O5. The lowest BCUT2D eigenvalue weighted by Gasteiger charge is -2.34. The van der Waals surface area contributed by atoms with Crippen molar-refractivity contribution in [3.63, 3.8) is 0 Å². The molecular weight excluding hydrogens is 488 g/mol. The fourth-order valence-electron chi connectivity index (χ4n) is 5.03. The number of rotatable bonds is 6. The SMILES string of the molecule is COc1ccccc1NC(=O)c1cccc(-n2nnnc2[C@H]2c3c(cc4c(c3OC)OCO4)CCN2C)c1. The fraction of sp³-hybridized carbons (Fsp3) is 0.259. The van der Waals surface area contributed by atoms with E-state index in [9.17, 15) is 4.79 Å². The number of amides is 1. The number of benzene rings is 3. The first-order valence-corrected chi connectivity index (χ1v) is 12.1. The number of aromatic nitrogens is 4. The Balaban J connectivity index is 1.38. The molecule has 0 saturated heterocycles. The number of likely N-dealkylation sites (N-methyl/N-ethyl adjacent to an activating group) is 1. The Morgan fingerprint density at radius 3 is 2.79 bits per heavy atom. The van der Waals surface area contributed by atoms with Crippen LogP contribution in [0.3, 0.4) is 0 Å². The number of carbonyl (C=O) groups is 1. The Bertz CT molecular complexity index is 1520. The van der Waals surface area contributed by atoms with E-state index >= 15 is 0 Å². The highest BCUT2D eigenvalue weighted by atomic mass is 16.7. The van der Waals surface area contributed by atoms with Crippen molar-refractivity contribution in [2.45, 2.75) is 12.5 Å². The Morgan fingerprint density at radius 2 is 1.95 bits per heavy atom. The number of fused-ring (bicyclic) bond motifs is 2. The second-order valence-electron chi connectivity index (χ2n) is 9.00. The van der Waals surface area contributed by atoms with Crippen LogP contribution >= 0.6 is 0 Å². The normalized spacial score (nSPS) is 16.1. The van der Waals surface area contributed by atoms with Crippen molar-refractivity contribution < 1.29 is 23.7 Å². The molecule has 11 heteroatoms. The number of nitrogens with one attached hydrogen (secondary N) is 1. The summed E-state index contributed by atoms with van der Waals surface area (Å²) in [6, 6.07) is 16.1. The van der Waals surface area contributed by atoms with E-state index in [-0.39, 0.29) is 18.7 Å². The molecule has 0 fully saturated rings. The van der Waals surface area contributed by atoms with Crippen LogP contribution in [0.2, 0.25) is 0 Å². The van der Waals surface area contributed by atoms with Crippen LogP contribution in [-0.4, -0.2) is 65.6 Å². The van der Waals surface area contributed by atoms with Crippen LogP contribution in [0.15, 0.2) is 54.6 Å². The van der Waals surface area contributed by atoms with Gasteiger partial charge in [-0.2, -0.15) is 4.68 Å². The van der Waals surface area contributed by atoms with Gasteiger partial charge < -0.3 is 24.3 Å². The lowest BCUT2D eigenvalue weighted by Crippen LogP contribution is -2.35. The van der Waals surface area contributed by atoms with Crippen LogP contribution in [0.4, 0.5) is 5.69 Å². The van der Waals surface area contributed by atoms with Gasteiger partial charge in [-0.1, -0.05) is 18.2 Å². The lowest BCUT2D eigenvalue weighted by molar-refractivity contribution is 0.102. The van der Waals surface area contributed by atoms with E-state index in [4.69, 9.17) is 18.9 Å². The summed E-state index contributed by atoms with van der Waals surface area (Å²) in [6.45, 7) is 0.936. The second kappa shape index (κ2) is 9.67. The zero-order valence-corrected chi connectivity index (χ0v) is 21.2. The summed E-state index contributed by atoms with van der Waals surface area (Å²) in [5, 5.41) is 15.6. The number of anilines is 1. The molecule has 0 unspecified atom stereocenters. The molecule has 11 nitrogen and oxygen atoms in total. The van der Waals surface area contributed by atoms with E-state index in [1.165, 1.54) is 0 Å². The number of para-hydroxylation sites is 2. The molecule has 4 aromatic rings. The molecule has 1 N–H and O–H groups in total. The maximum absolute atomic E-state index is 13.1. The van der Waals surface area contributed by atoms with Crippen molar-refractivity contribution >= 4 is 11.6 Å². The summed E-state index contributed by atoms with van der Waals surface area (Å²) in [6.07, 6.45) is 0.815. The maximum Gasteiger partial charge on any atom is 0.255 e. The predicted octanol–water partition coefficient (Wildman–Crippen LogP) is 3.24. The summed E-state index contributed by atoms with van der Waals surface area (Å²) in [5.41, 5.74) is 3.71. The van der Waals surface area contributed by atoms with Gasteiger partial charge in [0.2, 0.25) is 12.5 Å².